The number of hydrogen-bond acceptors (Lipinski definition) is 5. The monoisotopic (exact) mass is 815 g/mol. The molecule has 64 heavy (non-hydrogen) atoms. The van der Waals surface area contributed by atoms with E-state index in [1.165, 1.54) is 10.8 Å². The van der Waals surface area contributed by atoms with E-state index in [-0.39, 0.29) is 0 Å². The van der Waals surface area contributed by atoms with Crippen LogP contribution in [0.3, 0.4) is 0 Å². The van der Waals surface area contributed by atoms with Gasteiger partial charge >= 0.3 is 0 Å². The van der Waals surface area contributed by atoms with Crippen LogP contribution in [0, 0.1) is 0 Å². The fourth-order valence-corrected chi connectivity index (χ4v) is 9.07. The molecule has 0 N–H and O–H groups in total. The summed E-state index contributed by atoms with van der Waals surface area (Å²) in [5, 5.41) is 9.11. The summed E-state index contributed by atoms with van der Waals surface area (Å²) in [6, 6.07) is 74.5. The molecule has 0 aliphatic heterocycles. The first-order chi connectivity index (χ1) is 31.7. The summed E-state index contributed by atoms with van der Waals surface area (Å²) >= 11 is 0. The van der Waals surface area contributed by atoms with E-state index < -0.39 is 0 Å². The molecule has 0 atom stereocenters. The Morgan fingerprint density at radius 3 is 1.22 bits per heavy atom. The quantitative estimate of drug-likeness (QED) is 0.150. The van der Waals surface area contributed by atoms with E-state index in [2.05, 4.69) is 186 Å². The molecule has 12 rings (SSSR count). The fraction of sp³-hybridized carbons (Fsp3) is 0. The number of benzene rings is 9. The molecule has 0 saturated heterocycles. The van der Waals surface area contributed by atoms with Crippen LogP contribution in [-0.2, 0) is 0 Å². The lowest BCUT2D eigenvalue weighted by Crippen LogP contribution is -2.02. The summed E-state index contributed by atoms with van der Waals surface area (Å²) < 4.78 is 0. The van der Waals surface area contributed by atoms with Crippen molar-refractivity contribution in [2.75, 3.05) is 0 Å². The third kappa shape index (κ3) is 6.73. The zero-order chi connectivity index (χ0) is 42.4. The molecule has 0 spiro atoms. The summed E-state index contributed by atoms with van der Waals surface area (Å²) in [4.78, 5) is 25.6. The van der Waals surface area contributed by atoms with E-state index in [1.807, 2.05) is 48.8 Å². The van der Waals surface area contributed by atoms with Crippen molar-refractivity contribution < 1.29 is 0 Å². The predicted octanol–water partition coefficient (Wildman–Crippen LogP) is 14.9. The lowest BCUT2D eigenvalue weighted by molar-refractivity contribution is 1.08. The molecule has 0 aliphatic carbocycles. The smallest absolute Gasteiger partial charge is 0.164 e. The van der Waals surface area contributed by atoms with Crippen molar-refractivity contribution in [1.82, 2.24) is 24.9 Å². The van der Waals surface area contributed by atoms with Gasteiger partial charge in [-0.25, -0.2) is 15.0 Å². The number of fused-ring (bicyclic) bond motifs is 6. The van der Waals surface area contributed by atoms with Crippen LogP contribution in [-0.4, -0.2) is 24.9 Å². The number of nitrogens with zero attached hydrogens (tertiary/aromatic N) is 5. The number of aromatic nitrogens is 5. The Balaban J connectivity index is 1.12. The maximum absolute atomic E-state index is 5.45. The van der Waals surface area contributed by atoms with Crippen molar-refractivity contribution in [3.63, 3.8) is 0 Å². The van der Waals surface area contributed by atoms with E-state index in [1.54, 1.807) is 0 Å². The molecule has 3 heterocycles. The summed E-state index contributed by atoms with van der Waals surface area (Å²) in [5.74, 6) is 1.81. The van der Waals surface area contributed by atoms with Crippen LogP contribution in [0.5, 0.6) is 0 Å². The first kappa shape index (κ1) is 37.1. The van der Waals surface area contributed by atoms with E-state index in [0.717, 1.165) is 93.8 Å². The van der Waals surface area contributed by atoms with Crippen molar-refractivity contribution in [2.24, 2.45) is 0 Å². The van der Waals surface area contributed by atoms with Crippen molar-refractivity contribution in [2.45, 2.75) is 0 Å². The standard InChI is InChI=1S/C59H37N5/c1-3-18-47-41(14-1)36-53(51-22-7-5-20-49(47)51)58-62-57(63-59(64-58)54-37-42-15-2-4-19-48(42)50-21-6-8-23-52(50)54)46-34-44(38-26-28-39(29-27-38)55-24-9-11-30-60-55)33-45(35-46)40-16-13-17-43(32-40)56-25-10-12-31-61-56/h1-37H. The molecule has 298 valence electrons. The van der Waals surface area contributed by atoms with Crippen molar-refractivity contribution in [1.29, 1.82) is 0 Å². The predicted molar refractivity (Wildman–Crippen MR) is 263 cm³/mol. The average molecular weight is 816 g/mol. The Labute approximate surface area is 370 Å². The highest BCUT2D eigenvalue weighted by Crippen LogP contribution is 2.40. The van der Waals surface area contributed by atoms with Gasteiger partial charge in [0.25, 0.3) is 0 Å². The SMILES string of the molecule is c1ccc(-c2ccc(-c3cc(-c4cccc(-c5ccccn5)c4)cc(-c4nc(-c5cc6ccccc6c6ccccc56)nc(-c5cc6ccccc6c6ccccc56)n4)c3)cc2)nc1. The highest BCUT2D eigenvalue weighted by atomic mass is 15.0. The largest absolute Gasteiger partial charge is 0.256 e. The van der Waals surface area contributed by atoms with Crippen LogP contribution in [0.25, 0.3) is 122 Å². The Morgan fingerprint density at radius 2 is 0.656 bits per heavy atom. The third-order valence-corrected chi connectivity index (χ3v) is 12.2. The lowest BCUT2D eigenvalue weighted by Gasteiger charge is -2.15. The van der Waals surface area contributed by atoms with Crippen LogP contribution < -0.4 is 0 Å². The molecular formula is C59H37N5. The van der Waals surface area contributed by atoms with Crippen molar-refractivity contribution >= 4 is 43.1 Å². The van der Waals surface area contributed by atoms with Gasteiger partial charge in [-0.1, -0.05) is 152 Å². The molecule has 5 nitrogen and oxygen atoms in total. The highest BCUT2D eigenvalue weighted by molar-refractivity contribution is 6.15. The maximum Gasteiger partial charge on any atom is 0.164 e. The van der Waals surface area contributed by atoms with Crippen molar-refractivity contribution in [3.8, 4) is 78.9 Å². The van der Waals surface area contributed by atoms with E-state index in [0.29, 0.717) is 17.5 Å². The molecule has 0 saturated carbocycles. The van der Waals surface area contributed by atoms with E-state index >= 15 is 0 Å². The van der Waals surface area contributed by atoms with Gasteiger partial charge in [-0.3, -0.25) is 9.97 Å². The second-order valence-electron chi connectivity index (χ2n) is 16.1. The summed E-state index contributed by atoms with van der Waals surface area (Å²) in [6.45, 7) is 0. The molecule has 0 aliphatic rings. The lowest BCUT2D eigenvalue weighted by atomic mass is 9.93. The van der Waals surface area contributed by atoms with Gasteiger partial charge in [0.2, 0.25) is 0 Å². The second-order valence-corrected chi connectivity index (χ2v) is 16.1. The number of hydrogen-bond donors (Lipinski definition) is 0. The van der Waals surface area contributed by atoms with Crippen molar-refractivity contribution in [3.05, 3.63) is 225 Å². The number of rotatable bonds is 7. The molecule has 9 aromatic carbocycles. The molecule has 12 aromatic rings. The van der Waals surface area contributed by atoms with Gasteiger partial charge in [0.15, 0.2) is 17.5 Å². The minimum Gasteiger partial charge on any atom is -0.256 e. The highest BCUT2D eigenvalue weighted by Gasteiger charge is 2.20. The van der Waals surface area contributed by atoms with Gasteiger partial charge in [0.1, 0.15) is 0 Å². The maximum atomic E-state index is 5.45. The average Bonchev–Trinajstić information content (AvgIpc) is 3.38. The van der Waals surface area contributed by atoms with Crippen LogP contribution in [0.4, 0.5) is 0 Å². The van der Waals surface area contributed by atoms with Gasteiger partial charge in [-0.05, 0) is 126 Å². The number of pyridine rings is 2. The topological polar surface area (TPSA) is 64.5 Å². The first-order valence-electron chi connectivity index (χ1n) is 21.5. The summed E-state index contributed by atoms with van der Waals surface area (Å²) in [6.07, 6.45) is 3.67. The van der Waals surface area contributed by atoms with Gasteiger partial charge in [-0.2, -0.15) is 0 Å². The van der Waals surface area contributed by atoms with Crippen LogP contribution in [0.15, 0.2) is 225 Å². The molecule has 0 fully saturated rings. The van der Waals surface area contributed by atoms with E-state index in [4.69, 9.17) is 15.0 Å². The van der Waals surface area contributed by atoms with Gasteiger partial charge in [0, 0.05) is 40.2 Å². The van der Waals surface area contributed by atoms with Crippen LogP contribution in [0.1, 0.15) is 0 Å². The first-order valence-corrected chi connectivity index (χ1v) is 21.5. The minimum absolute atomic E-state index is 0.587. The molecule has 0 radical (unpaired) electrons. The van der Waals surface area contributed by atoms with Crippen LogP contribution >= 0.6 is 0 Å². The normalized spacial score (nSPS) is 11.4. The fourth-order valence-electron chi connectivity index (χ4n) is 9.07. The Bertz CT molecular complexity index is 3580. The molecule has 3 aromatic heterocycles. The summed E-state index contributed by atoms with van der Waals surface area (Å²) in [5.41, 5.74) is 10.9. The Kier molecular flexibility index (Phi) is 9.08. The van der Waals surface area contributed by atoms with Gasteiger partial charge in [-0.15, -0.1) is 0 Å². The molecular weight excluding hydrogens is 779 g/mol. The molecule has 0 bridgehead atoms. The summed E-state index contributed by atoms with van der Waals surface area (Å²) in [7, 11) is 0. The van der Waals surface area contributed by atoms with Gasteiger partial charge < -0.3 is 0 Å². The molecule has 0 amide bonds. The minimum atomic E-state index is 0.587. The van der Waals surface area contributed by atoms with E-state index in [9.17, 15) is 0 Å². The third-order valence-electron chi connectivity index (χ3n) is 12.2. The second kappa shape index (κ2) is 15.7. The van der Waals surface area contributed by atoms with Gasteiger partial charge in [0.05, 0.1) is 11.4 Å². The molecule has 0 unspecified atom stereocenters. The zero-order valence-electron chi connectivity index (χ0n) is 34.6. The Morgan fingerprint density at radius 1 is 0.234 bits per heavy atom. The Hall–Kier alpha value is -8.67. The van der Waals surface area contributed by atoms with Crippen LogP contribution in [0.2, 0.25) is 0 Å². The zero-order valence-corrected chi connectivity index (χ0v) is 34.6. The molecule has 5 heteroatoms.